The second-order valence-corrected chi connectivity index (χ2v) is 5.87. The zero-order chi connectivity index (χ0) is 15.2. The van der Waals surface area contributed by atoms with E-state index in [1.807, 2.05) is 18.2 Å². The normalized spacial score (nSPS) is 16.0. The number of amides is 1. The Morgan fingerprint density at radius 1 is 1.18 bits per heavy atom. The molecule has 1 aromatic carbocycles. The molecule has 3 rings (SSSR count). The molecule has 1 aromatic heterocycles. The molecule has 6 nitrogen and oxygen atoms in total. The summed E-state index contributed by atoms with van der Waals surface area (Å²) in [5.41, 5.74) is 2.46. The first-order chi connectivity index (χ1) is 10.8. The lowest BCUT2D eigenvalue weighted by molar-refractivity contribution is -0.121. The molecule has 1 saturated heterocycles. The van der Waals surface area contributed by atoms with E-state index in [1.54, 1.807) is 0 Å². The third-order valence-electron chi connectivity index (χ3n) is 4.13. The van der Waals surface area contributed by atoms with Gasteiger partial charge in [-0.25, -0.2) is 4.63 Å². The minimum atomic E-state index is 0.107. The van der Waals surface area contributed by atoms with Gasteiger partial charge >= 0.3 is 0 Å². The van der Waals surface area contributed by atoms with Gasteiger partial charge in [0.25, 0.3) is 0 Å². The molecule has 1 aliphatic rings. The van der Waals surface area contributed by atoms with E-state index in [4.69, 9.17) is 0 Å². The van der Waals surface area contributed by atoms with E-state index in [-0.39, 0.29) is 5.91 Å². The SMILES string of the molecule is O=C(CCCN1CCCCC1)NCc1ccc2nonc2c1. The maximum Gasteiger partial charge on any atom is 0.220 e. The van der Waals surface area contributed by atoms with Gasteiger partial charge in [0.1, 0.15) is 11.0 Å². The summed E-state index contributed by atoms with van der Waals surface area (Å²) in [5.74, 6) is 0.107. The van der Waals surface area contributed by atoms with Crippen molar-refractivity contribution in [3.8, 4) is 0 Å². The van der Waals surface area contributed by atoms with Gasteiger partial charge in [-0.3, -0.25) is 4.79 Å². The molecule has 0 bridgehead atoms. The first kappa shape index (κ1) is 15.0. The van der Waals surface area contributed by atoms with Crippen LogP contribution in [0.4, 0.5) is 0 Å². The molecule has 1 aliphatic heterocycles. The van der Waals surface area contributed by atoms with Crippen molar-refractivity contribution < 1.29 is 9.42 Å². The van der Waals surface area contributed by atoms with Crippen molar-refractivity contribution >= 4 is 16.9 Å². The Hall–Kier alpha value is -1.95. The van der Waals surface area contributed by atoms with E-state index in [2.05, 4.69) is 25.2 Å². The molecule has 118 valence electrons. The summed E-state index contributed by atoms with van der Waals surface area (Å²) < 4.78 is 4.66. The van der Waals surface area contributed by atoms with Crippen molar-refractivity contribution in [1.82, 2.24) is 20.5 Å². The molecule has 22 heavy (non-hydrogen) atoms. The number of nitrogens with zero attached hydrogens (tertiary/aromatic N) is 3. The maximum atomic E-state index is 11.9. The summed E-state index contributed by atoms with van der Waals surface area (Å²) in [6, 6.07) is 5.67. The number of fused-ring (bicyclic) bond motifs is 1. The summed E-state index contributed by atoms with van der Waals surface area (Å²) in [6.07, 6.45) is 5.46. The number of hydrogen-bond donors (Lipinski definition) is 1. The van der Waals surface area contributed by atoms with Gasteiger partial charge in [-0.15, -0.1) is 0 Å². The quantitative estimate of drug-likeness (QED) is 0.885. The van der Waals surface area contributed by atoms with E-state index in [1.165, 1.54) is 32.4 Å². The molecule has 0 atom stereocenters. The van der Waals surface area contributed by atoms with Crippen molar-refractivity contribution in [3.63, 3.8) is 0 Å². The minimum Gasteiger partial charge on any atom is -0.352 e. The number of hydrogen-bond acceptors (Lipinski definition) is 5. The van der Waals surface area contributed by atoms with Crippen molar-refractivity contribution in [1.29, 1.82) is 0 Å². The average molecular weight is 302 g/mol. The zero-order valence-electron chi connectivity index (χ0n) is 12.8. The number of piperidine rings is 1. The number of likely N-dealkylation sites (tertiary alicyclic amines) is 1. The summed E-state index contributed by atoms with van der Waals surface area (Å²) in [5, 5.41) is 10.5. The van der Waals surface area contributed by atoms with Crippen molar-refractivity contribution in [2.24, 2.45) is 0 Å². The van der Waals surface area contributed by atoms with Crippen LogP contribution >= 0.6 is 0 Å². The molecule has 1 N–H and O–H groups in total. The number of carbonyl (C=O) groups is 1. The van der Waals surface area contributed by atoms with Crippen LogP contribution in [-0.2, 0) is 11.3 Å². The largest absolute Gasteiger partial charge is 0.352 e. The fourth-order valence-electron chi connectivity index (χ4n) is 2.87. The van der Waals surface area contributed by atoms with Gasteiger partial charge in [0, 0.05) is 13.0 Å². The molecular formula is C16H22N4O2. The molecule has 2 heterocycles. The van der Waals surface area contributed by atoms with E-state index >= 15 is 0 Å². The average Bonchev–Trinajstić information content (AvgIpc) is 3.01. The Morgan fingerprint density at radius 3 is 2.86 bits per heavy atom. The second-order valence-electron chi connectivity index (χ2n) is 5.87. The monoisotopic (exact) mass is 302 g/mol. The molecule has 0 radical (unpaired) electrons. The zero-order valence-corrected chi connectivity index (χ0v) is 12.8. The van der Waals surface area contributed by atoms with Gasteiger partial charge < -0.3 is 10.2 Å². The van der Waals surface area contributed by atoms with Crippen LogP contribution < -0.4 is 5.32 Å². The van der Waals surface area contributed by atoms with E-state index in [9.17, 15) is 4.79 Å². The lowest BCUT2D eigenvalue weighted by Gasteiger charge is -2.26. The Bertz CT molecular complexity index is 619. The van der Waals surface area contributed by atoms with E-state index < -0.39 is 0 Å². The second kappa shape index (κ2) is 7.35. The summed E-state index contributed by atoms with van der Waals surface area (Å²) >= 11 is 0. The summed E-state index contributed by atoms with van der Waals surface area (Å²) in [4.78, 5) is 14.4. The molecule has 1 amide bonds. The number of nitrogens with one attached hydrogen (secondary N) is 1. The highest BCUT2D eigenvalue weighted by Crippen LogP contribution is 2.12. The number of rotatable bonds is 6. The van der Waals surface area contributed by atoms with Crippen LogP contribution in [0.1, 0.15) is 37.7 Å². The standard InChI is InChI=1S/C16H22N4O2/c21-16(5-4-10-20-8-2-1-3-9-20)17-12-13-6-7-14-15(11-13)19-22-18-14/h6-7,11H,1-5,8-10,12H2,(H,17,21). The topological polar surface area (TPSA) is 71.3 Å². The Balaban J connectivity index is 1.38. The lowest BCUT2D eigenvalue weighted by atomic mass is 10.1. The smallest absolute Gasteiger partial charge is 0.220 e. The highest BCUT2D eigenvalue weighted by Gasteiger charge is 2.10. The predicted molar refractivity (Wildman–Crippen MR) is 83.2 cm³/mol. The van der Waals surface area contributed by atoms with Gasteiger partial charge in [-0.05, 0) is 66.9 Å². The summed E-state index contributed by atoms with van der Waals surface area (Å²) in [6.45, 7) is 3.93. The van der Waals surface area contributed by atoms with E-state index in [0.717, 1.165) is 29.6 Å². The van der Waals surface area contributed by atoms with Crippen LogP contribution in [0.5, 0.6) is 0 Å². The summed E-state index contributed by atoms with van der Waals surface area (Å²) in [7, 11) is 0. The third kappa shape index (κ3) is 4.04. The Labute approximate surface area is 129 Å². The maximum absolute atomic E-state index is 11.9. The molecule has 2 aromatic rings. The number of carbonyl (C=O) groups excluding carboxylic acids is 1. The van der Waals surface area contributed by atoms with Crippen molar-refractivity contribution in [2.45, 2.75) is 38.6 Å². The van der Waals surface area contributed by atoms with Crippen molar-refractivity contribution in [3.05, 3.63) is 23.8 Å². The van der Waals surface area contributed by atoms with Gasteiger partial charge in [-0.1, -0.05) is 12.5 Å². The Kier molecular flexibility index (Phi) is 5.00. The fraction of sp³-hybridized carbons (Fsp3) is 0.562. The third-order valence-corrected chi connectivity index (χ3v) is 4.13. The predicted octanol–water partition coefficient (Wildman–Crippen LogP) is 2.11. The molecular weight excluding hydrogens is 280 g/mol. The van der Waals surface area contributed by atoms with Gasteiger partial charge in [0.2, 0.25) is 5.91 Å². The minimum absolute atomic E-state index is 0.107. The molecule has 1 fully saturated rings. The number of aromatic nitrogens is 2. The molecule has 0 aliphatic carbocycles. The molecule has 0 unspecified atom stereocenters. The molecule has 0 spiro atoms. The highest BCUT2D eigenvalue weighted by molar-refractivity contribution is 5.76. The lowest BCUT2D eigenvalue weighted by Crippen LogP contribution is -2.31. The molecule has 6 heteroatoms. The number of benzene rings is 1. The van der Waals surface area contributed by atoms with Gasteiger partial charge in [0.15, 0.2) is 0 Å². The van der Waals surface area contributed by atoms with Crippen LogP contribution in [0, 0.1) is 0 Å². The van der Waals surface area contributed by atoms with E-state index in [0.29, 0.717) is 13.0 Å². The van der Waals surface area contributed by atoms with Crippen LogP contribution in [-0.4, -0.2) is 40.8 Å². The van der Waals surface area contributed by atoms with Crippen LogP contribution in [0.15, 0.2) is 22.8 Å². The van der Waals surface area contributed by atoms with Gasteiger partial charge in [0.05, 0.1) is 0 Å². The molecule has 0 saturated carbocycles. The highest BCUT2D eigenvalue weighted by atomic mass is 16.6. The Morgan fingerprint density at radius 2 is 2.00 bits per heavy atom. The van der Waals surface area contributed by atoms with Crippen LogP contribution in [0.25, 0.3) is 11.0 Å². The van der Waals surface area contributed by atoms with Crippen LogP contribution in [0.2, 0.25) is 0 Å². The van der Waals surface area contributed by atoms with Gasteiger partial charge in [-0.2, -0.15) is 0 Å². The van der Waals surface area contributed by atoms with Crippen molar-refractivity contribution in [2.75, 3.05) is 19.6 Å². The first-order valence-electron chi connectivity index (χ1n) is 8.01. The van der Waals surface area contributed by atoms with Crippen LogP contribution in [0.3, 0.4) is 0 Å². The first-order valence-corrected chi connectivity index (χ1v) is 8.01. The fourth-order valence-corrected chi connectivity index (χ4v) is 2.87.